The summed E-state index contributed by atoms with van der Waals surface area (Å²) in [6, 6.07) is 79.4. The number of aromatic nitrogens is 3. The van der Waals surface area contributed by atoms with Gasteiger partial charge in [0.2, 0.25) is 0 Å². The van der Waals surface area contributed by atoms with Gasteiger partial charge in [0.05, 0.1) is 28.0 Å². The molecule has 2 aromatic heterocycles. The van der Waals surface area contributed by atoms with Gasteiger partial charge in [0.25, 0.3) is 0 Å². The molecule has 1 aliphatic carbocycles. The quantitative estimate of drug-likeness (QED) is 0.162. The van der Waals surface area contributed by atoms with Crippen LogP contribution in [0.15, 0.2) is 224 Å². The number of rotatable bonds is 5. The van der Waals surface area contributed by atoms with Crippen molar-refractivity contribution in [3.63, 3.8) is 0 Å². The molecule has 3 heterocycles. The molecular formula is C60H37N3O. The third-order valence-corrected chi connectivity index (χ3v) is 13.1. The van der Waals surface area contributed by atoms with Crippen LogP contribution < -0.4 is 4.74 Å². The summed E-state index contributed by atoms with van der Waals surface area (Å²) < 4.78 is 7.30. The van der Waals surface area contributed by atoms with E-state index in [0.717, 1.165) is 94.8 Å². The summed E-state index contributed by atoms with van der Waals surface area (Å²) >= 11 is 0. The fraction of sp³-hybridized carbons (Fsp3) is 0.0167. The Morgan fingerprint density at radius 2 is 0.906 bits per heavy atom. The monoisotopic (exact) mass is 815 g/mol. The molecule has 0 unspecified atom stereocenters. The first-order valence-corrected chi connectivity index (χ1v) is 21.8. The Balaban J connectivity index is 1.10. The fourth-order valence-electron chi connectivity index (χ4n) is 10.3. The molecule has 0 fully saturated rings. The zero-order valence-corrected chi connectivity index (χ0v) is 34.6. The summed E-state index contributed by atoms with van der Waals surface area (Å²) in [5.41, 5.74) is 16.4. The van der Waals surface area contributed by atoms with Gasteiger partial charge in [-0.1, -0.05) is 194 Å². The molecular weight excluding hydrogens is 779 g/mol. The summed E-state index contributed by atoms with van der Waals surface area (Å²) in [5.74, 6) is 2.36. The molecule has 0 amide bonds. The number of hydrogen-bond acceptors (Lipinski definition) is 4. The zero-order valence-electron chi connectivity index (χ0n) is 34.6. The summed E-state index contributed by atoms with van der Waals surface area (Å²) in [6.45, 7) is 0. The first-order chi connectivity index (χ1) is 31.7. The van der Waals surface area contributed by atoms with Crippen LogP contribution in [0.5, 0.6) is 11.5 Å². The Morgan fingerprint density at radius 1 is 0.344 bits per heavy atom. The molecule has 0 N–H and O–H groups in total. The highest BCUT2D eigenvalue weighted by Crippen LogP contribution is 2.63. The van der Waals surface area contributed by atoms with E-state index >= 15 is 0 Å². The minimum atomic E-state index is -0.605. The lowest BCUT2D eigenvalue weighted by Crippen LogP contribution is -2.32. The number of benzene rings is 9. The second-order valence-electron chi connectivity index (χ2n) is 16.6. The first-order valence-electron chi connectivity index (χ1n) is 21.8. The van der Waals surface area contributed by atoms with Crippen molar-refractivity contribution in [3.8, 4) is 78.9 Å². The zero-order chi connectivity index (χ0) is 42.2. The van der Waals surface area contributed by atoms with Crippen molar-refractivity contribution in [3.05, 3.63) is 247 Å². The molecule has 0 radical (unpaired) electrons. The average molecular weight is 816 g/mol. The molecule has 1 aliphatic heterocycles. The van der Waals surface area contributed by atoms with Crippen LogP contribution in [0.4, 0.5) is 0 Å². The van der Waals surface area contributed by atoms with Gasteiger partial charge in [0, 0.05) is 49.5 Å². The highest BCUT2D eigenvalue weighted by atomic mass is 16.5. The van der Waals surface area contributed by atoms with Crippen LogP contribution in [0, 0.1) is 0 Å². The molecule has 64 heavy (non-hydrogen) atoms. The van der Waals surface area contributed by atoms with Gasteiger partial charge in [0.15, 0.2) is 5.82 Å². The normalized spacial score (nSPS) is 12.9. The summed E-state index contributed by atoms with van der Waals surface area (Å²) in [7, 11) is 0. The molecule has 13 rings (SSSR count). The van der Waals surface area contributed by atoms with Crippen molar-refractivity contribution in [2.75, 3.05) is 0 Å². The molecule has 0 bridgehead atoms. The van der Waals surface area contributed by atoms with Crippen molar-refractivity contribution < 1.29 is 4.74 Å². The Bertz CT molecular complexity index is 3590. The molecule has 0 saturated heterocycles. The molecule has 0 atom stereocenters. The smallest absolute Gasteiger partial charge is 0.160 e. The Morgan fingerprint density at radius 3 is 1.61 bits per heavy atom. The Hall–Kier alpha value is -8.47. The van der Waals surface area contributed by atoms with Crippen molar-refractivity contribution >= 4 is 21.7 Å². The number of ether oxygens (including phenoxy) is 1. The van der Waals surface area contributed by atoms with Gasteiger partial charge < -0.3 is 4.74 Å². The number of para-hydroxylation sites is 1. The van der Waals surface area contributed by atoms with E-state index in [-0.39, 0.29) is 0 Å². The topological polar surface area (TPSA) is 47.9 Å². The van der Waals surface area contributed by atoms with Gasteiger partial charge >= 0.3 is 0 Å². The third kappa shape index (κ3) is 5.46. The second-order valence-corrected chi connectivity index (χ2v) is 16.6. The summed E-state index contributed by atoms with van der Waals surface area (Å²) in [6.07, 6.45) is 0. The third-order valence-electron chi connectivity index (χ3n) is 13.1. The van der Waals surface area contributed by atoms with E-state index in [0.29, 0.717) is 5.82 Å². The number of hydrogen-bond donors (Lipinski definition) is 0. The number of pyridine rings is 1. The van der Waals surface area contributed by atoms with Crippen LogP contribution in [-0.4, -0.2) is 15.0 Å². The number of nitrogens with zero attached hydrogens (tertiary/aromatic N) is 3. The maximum atomic E-state index is 7.30. The van der Waals surface area contributed by atoms with Crippen LogP contribution >= 0.6 is 0 Å². The lowest BCUT2D eigenvalue weighted by Gasteiger charge is -2.40. The highest BCUT2D eigenvalue weighted by Gasteiger charge is 2.51. The Kier molecular flexibility index (Phi) is 8.09. The van der Waals surface area contributed by atoms with Crippen molar-refractivity contribution in [1.29, 1.82) is 0 Å². The van der Waals surface area contributed by atoms with Gasteiger partial charge in [-0.2, -0.15) is 0 Å². The van der Waals surface area contributed by atoms with E-state index in [2.05, 4.69) is 200 Å². The second kappa shape index (κ2) is 14.3. The summed E-state index contributed by atoms with van der Waals surface area (Å²) in [4.78, 5) is 15.9. The molecule has 9 aromatic carbocycles. The lowest BCUT2D eigenvalue weighted by molar-refractivity contribution is 0.442. The van der Waals surface area contributed by atoms with E-state index in [1.165, 1.54) is 22.3 Å². The van der Waals surface area contributed by atoms with Gasteiger partial charge in [-0.15, -0.1) is 0 Å². The van der Waals surface area contributed by atoms with Gasteiger partial charge in [0.1, 0.15) is 11.5 Å². The highest BCUT2D eigenvalue weighted by molar-refractivity contribution is 6.16. The lowest BCUT2D eigenvalue weighted by atomic mass is 9.65. The van der Waals surface area contributed by atoms with Crippen molar-refractivity contribution in [2.45, 2.75) is 5.41 Å². The van der Waals surface area contributed by atoms with Gasteiger partial charge in [-0.25, -0.2) is 15.0 Å². The maximum Gasteiger partial charge on any atom is 0.160 e. The summed E-state index contributed by atoms with van der Waals surface area (Å²) in [5, 5.41) is 3.03. The standard InChI is InChI=1S/C60H37N3O/c1-4-17-38(18-5-1)41-23-16-24-42(35-41)53-37-54(63-59(62-53)40-21-8-3-9-22-40)43-31-34-52-47(36-43)56-46(57(61-52)39-19-6-2-7-20-39)32-33-51-58(56)64-55-30-15-14-29-50(55)60(51)48-27-12-10-25-44(48)45-26-11-13-28-49(45)60/h1-37H. The number of fused-ring (bicyclic) bond motifs is 13. The molecule has 4 nitrogen and oxygen atoms in total. The largest absolute Gasteiger partial charge is 0.456 e. The van der Waals surface area contributed by atoms with E-state index in [1.807, 2.05) is 24.3 Å². The van der Waals surface area contributed by atoms with Crippen LogP contribution in [0.1, 0.15) is 22.3 Å². The van der Waals surface area contributed by atoms with E-state index in [4.69, 9.17) is 19.7 Å². The van der Waals surface area contributed by atoms with Crippen LogP contribution in [0.25, 0.3) is 89.1 Å². The fourth-order valence-corrected chi connectivity index (χ4v) is 10.3. The molecule has 1 spiro atoms. The minimum Gasteiger partial charge on any atom is -0.456 e. The van der Waals surface area contributed by atoms with Crippen molar-refractivity contribution in [2.24, 2.45) is 0 Å². The maximum absolute atomic E-state index is 7.30. The van der Waals surface area contributed by atoms with E-state index in [1.54, 1.807) is 0 Å². The molecule has 4 heteroatoms. The first kappa shape index (κ1) is 36.2. The molecule has 298 valence electrons. The SMILES string of the molecule is c1ccc(-c2cccc(-c3cc(-c4ccc5nc(-c6ccccc6)c6ccc7c(c6c5c4)Oc4ccccc4C74c5ccccc5-c5ccccc54)nc(-c4ccccc4)n3)c2)cc1. The Labute approximate surface area is 370 Å². The predicted molar refractivity (Wildman–Crippen MR) is 259 cm³/mol. The van der Waals surface area contributed by atoms with E-state index < -0.39 is 5.41 Å². The van der Waals surface area contributed by atoms with E-state index in [9.17, 15) is 0 Å². The molecule has 11 aromatic rings. The minimum absolute atomic E-state index is 0.605. The van der Waals surface area contributed by atoms with Crippen LogP contribution in [0.3, 0.4) is 0 Å². The predicted octanol–water partition coefficient (Wildman–Crippen LogP) is 15.0. The van der Waals surface area contributed by atoms with Crippen molar-refractivity contribution in [1.82, 2.24) is 15.0 Å². The van der Waals surface area contributed by atoms with Gasteiger partial charge in [-0.3, -0.25) is 0 Å². The molecule has 2 aliphatic rings. The van der Waals surface area contributed by atoms with Crippen LogP contribution in [-0.2, 0) is 5.41 Å². The van der Waals surface area contributed by atoms with Gasteiger partial charge in [-0.05, 0) is 63.7 Å². The van der Waals surface area contributed by atoms with Crippen LogP contribution in [0.2, 0.25) is 0 Å². The average Bonchev–Trinajstić information content (AvgIpc) is 3.67. The molecule has 0 saturated carbocycles.